The van der Waals surface area contributed by atoms with E-state index in [1.54, 1.807) is 6.26 Å². The molecule has 6 heteroatoms. The Balaban J connectivity index is 1.38. The van der Waals surface area contributed by atoms with Crippen molar-refractivity contribution in [1.82, 2.24) is 9.88 Å². The van der Waals surface area contributed by atoms with Crippen LogP contribution in [0.2, 0.25) is 0 Å². The van der Waals surface area contributed by atoms with Crippen LogP contribution in [0.25, 0.3) is 0 Å². The van der Waals surface area contributed by atoms with E-state index in [0.29, 0.717) is 13.1 Å². The van der Waals surface area contributed by atoms with E-state index in [2.05, 4.69) is 22.3 Å². The van der Waals surface area contributed by atoms with Crippen LogP contribution in [-0.4, -0.2) is 15.8 Å². The molecular formula is C25H25N3O2S. The van der Waals surface area contributed by atoms with Crippen LogP contribution in [0, 0.1) is 6.92 Å². The van der Waals surface area contributed by atoms with E-state index in [1.807, 2.05) is 66.9 Å². The number of furan rings is 1. The molecule has 0 unspecified atom stereocenters. The number of nitrogens with zero attached hydrogens (tertiary/aromatic N) is 2. The molecule has 0 bridgehead atoms. The number of rotatable bonds is 9. The van der Waals surface area contributed by atoms with Crippen molar-refractivity contribution in [2.75, 3.05) is 5.32 Å². The molecule has 2 aromatic heterocycles. The Hall–Kier alpha value is -3.22. The number of aromatic nitrogens is 1. The second kappa shape index (κ2) is 10.2. The van der Waals surface area contributed by atoms with Crippen LogP contribution in [0.3, 0.4) is 0 Å². The maximum absolute atomic E-state index is 12.4. The van der Waals surface area contributed by atoms with Crippen molar-refractivity contribution in [1.29, 1.82) is 0 Å². The van der Waals surface area contributed by atoms with Crippen molar-refractivity contribution in [3.05, 3.63) is 106 Å². The van der Waals surface area contributed by atoms with E-state index < -0.39 is 0 Å². The number of anilines is 1. The fraction of sp³-hybridized carbons (Fsp3) is 0.200. The molecule has 0 saturated heterocycles. The van der Waals surface area contributed by atoms with E-state index in [4.69, 9.17) is 9.40 Å². The molecular weight excluding hydrogens is 406 g/mol. The van der Waals surface area contributed by atoms with Gasteiger partial charge in [0.25, 0.3) is 0 Å². The number of aryl methyl sites for hydroxylation is 1. The minimum atomic E-state index is -0.0542. The predicted octanol–water partition coefficient (Wildman–Crippen LogP) is 5.43. The van der Waals surface area contributed by atoms with Crippen molar-refractivity contribution in [3.8, 4) is 0 Å². The van der Waals surface area contributed by atoms with Crippen molar-refractivity contribution in [3.63, 3.8) is 0 Å². The Labute approximate surface area is 186 Å². The van der Waals surface area contributed by atoms with E-state index in [1.165, 1.54) is 16.9 Å². The number of amides is 1. The second-order valence-corrected chi connectivity index (χ2v) is 8.48. The monoisotopic (exact) mass is 431 g/mol. The molecule has 1 amide bonds. The Morgan fingerprint density at radius 2 is 1.81 bits per heavy atom. The van der Waals surface area contributed by atoms with Crippen LogP contribution < -0.4 is 5.32 Å². The van der Waals surface area contributed by atoms with Crippen molar-refractivity contribution in [2.24, 2.45) is 0 Å². The third-order valence-corrected chi connectivity index (χ3v) is 5.74. The zero-order valence-electron chi connectivity index (χ0n) is 17.5. The third kappa shape index (κ3) is 6.38. The lowest BCUT2D eigenvalue weighted by molar-refractivity contribution is -0.115. The van der Waals surface area contributed by atoms with E-state index in [0.717, 1.165) is 34.3 Å². The Bertz CT molecular complexity index is 1090. The Morgan fingerprint density at radius 3 is 2.55 bits per heavy atom. The van der Waals surface area contributed by atoms with Gasteiger partial charge in [0.15, 0.2) is 0 Å². The average molecular weight is 432 g/mol. The van der Waals surface area contributed by atoms with Gasteiger partial charge in [0, 0.05) is 24.2 Å². The van der Waals surface area contributed by atoms with Gasteiger partial charge >= 0.3 is 0 Å². The van der Waals surface area contributed by atoms with E-state index in [9.17, 15) is 4.79 Å². The lowest BCUT2D eigenvalue weighted by Gasteiger charge is -2.20. The van der Waals surface area contributed by atoms with Gasteiger partial charge in [-0.25, -0.2) is 4.98 Å². The van der Waals surface area contributed by atoms with Gasteiger partial charge in [0.2, 0.25) is 5.91 Å². The molecule has 2 heterocycles. The molecule has 0 aliphatic heterocycles. The first-order valence-corrected chi connectivity index (χ1v) is 11.1. The summed E-state index contributed by atoms with van der Waals surface area (Å²) in [5.74, 6) is 0.866. The summed E-state index contributed by atoms with van der Waals surface area (Å²) < 4.78 is 5.55. The molecule has 4 rings (SSSR count). The zero-order chi connectivity index (χ0) is 21.5. The molecule has 4 aromatic rings. The first-order chi connectivity index (χ1) is 15.1. The molecule has 2 aromatic carbocycles. The van der Waals surface area contributed by atoms with Crippen LogP contribution in [0.15, 0.2) is 82.8 Å². The van der Waals surface area contributed by atoms with E-state index in [-0.39, 0.29) is 12.3 Å². The molecule has 0 atom stereocenters. The standard InChI is InChI=1S/C25H25N3O2S/c1-19-9-11-21(12-10-19)26-24(29)14-25-27-22(18-31-25)16-28(17-23-8-5-13-30-23)15-20-6-3-2-4-7-20/h2-13,18H,14-17H2,1H3,(H,26,29). The number of hydrogen-bond acceptors (Lipinski definition) is 5. The van der Waals surface area contributed by atoms with Crippen molar-refractivity contribution >= 4 is 22.9 Å². The zero-order valence-corrected chi connectivity index (χ0v) is 18.3. The second-order valence-electron chi connectivity index (χ2n) is 7.53. The Morgan fingerprint density at radius 1 is 1.00 bits per heavy atom. The molecule has 158 valence electrons. The first kappa shape index (κ1) is 21.0. The summed E-state index contributed by atoms with van der Waals surface area (Å²) in [4.78, 5) is 19.4. The lowest BCUT2D eigenvalue weighted by atomic mass is 10.2. The fourth-order valence-electron chi connectivity index (χ4n) is 3.34. The summed E-state index contributed by atoms with van der Waals surface area (Å²) in [6, 6.07) is 22.1. The largest absolute Gasteiger partial charge is 0.468 e. The number of carbonyl (C=O) groups excluding carboxylic acids is 1. The number of carbonyl (C=O) groups is 1. The molecule has 0 saturated carbocycles. The van der Waals surface area contributed by atoms with Crippen LogP contribution in [0.5, 0.6) is 0 Å². The first-order valence-electron chi connectivity index (χ1n) is 10.2. The van der Waals surface area contributed by atoms with Gasteiger partial charge < -0.3 is 9.73 Å². The molecule has 0 radical (unpaired) electrons. The van der Waals surface area contributed by atoms with Gasteiger partial charge in [-0.15, -0.1) is 11.3 Å². The fourth-order valence-corrected chi connectivity index (χ4v) is 4.13. The normalized spacial score (nSPS) is 11.0. The summed E-state index contributed by atoms with van der Waals surface area (Å²) in [5.41, 5.74) is 4.17. The quantitative estimate of drug-likeness (QED) is 0.384. The van der Waals surface area contributed by atoms with Gasteiger partial charge in [-0.3, -0.25) is 9.69 Å². The van der Waals surface area contributed by atoms with Crippen molar-refractivity contribution < 1.29 is 9.21 Å². The average Bonchev–Trinajstić information content (AvgIpc) is 3.43. The topological polar surface area (TPSA) is 58.4 Å². The summed E-state index contributed by atoms with van der Waals surface area (Å²) in [6.07, 6.45) is 1.97. The number of thiazole rings is 1. The summed E-state index contributed by atoms with van der Waals surface area (Å²) >= 11 is 1.53. The van der Waals surface area contributed by atoms with Crippen LogP contribution in [0.4, 0.5) is 5.69 Å². The van der Waals surface area contributed by atoms with Gasteiger partial charge in [0.05, 0.1) is 24.9 Å². The molecule has 0 fully saturated rings. The summed E-state index contributed by atoms with van der Waals surface area (Å²) in [6.45, 7) is 4.20. The number of hydrogen-bond donors (Lipinski definition) is 1. The minimum Gasteiger partial charge on any atom is -0.468 e. The van der Waals surface area contributed by atoms with Gasteiger partial charge in [-0.2, -0.15) is 0 Å². The highest BCUT2D eigenvalue weighted by atomic mass is 32.1. The van der Waals surface area contributed by atoms with E-state index >= 15 is 0 Å². The molecule has 5 nitrogen and oxygen atoms in total. The van der Waals surface area contributed by atoms with Crippen LogP contribution in [0.1, 0.15) is 27.6 Å². The maximum atomic E-state index is 12.4. The number of nitrogens with one attached hydrogen (secondary N) is 1. The molecule has 0 spiro atoms. The molecule has 31 heavy (non-hydrogen) atoms. The smallest absolute Gasteiger partial charge is 0.231 e. The molecule has 0 aliphatic carbocycles. The third-order valence-electron chi connectivity index (χ3n) is 4.84. The maximum Gasteiger partial charge on any atom is 0.231 e. The van der Waals surface area contributed by atoms with Gasteiger partial charge in [-0.05, 0) is 36.8 Å². The van der Waals surface area contributed by atoms with Gasteiger partial charge in [0.1, 0.15) is 10.8 Å². The SMILES string of the molecule is Cc1ccc(NC(=O)Cc2nc(CN(Cc3ccccc3)Cc3ccco3)cs2)cc1. The van der Waals surface area contributed by atoms with Crippen molar-refractivity contribution in [2.45, 2.75) is 33.0 Å². The summed E-state index contributed by atoms with van der Waals surface area (Å²) in [7, 11) is 0. The molecule has 1 N–H and O–H groups in total. The highest BCUT2D eigenvalue weighted by molar-refractivity contribution is 7.09. The highest BCUT2D eigenvalue weighted by Crippen LogP contribution is 2.18. The summed E-state index contributed by atoms with van der Waals surface area (Å²) in [5, 5.41) is 5.79. The predicted molar refractivity (Wildman–Crippen MR) is 124 cm³/mol. The van der Waals surface area contributed by atoms with Gasteiger partial charge in [-0.1, -0.05) is 48.0 Å². The minimum absolute atomic E-state index is 0.0542. The molecule has 0 aliphatic rings. The highest BCUT2D eigenvalue weighted by Gasteiger charge is 2.14. The lowest BCUT2D eigenvalue weighted by Crippen LogP contribution is -2.22. The van der Waals surface area contributed by atoms with Crippen LogP contribution in [-0.2, 0) is 30.8 Å². The number of benzene rings is 2. The van der Waals surface area contributed by atoms with Crippen LogP contribution >= 0.6 is 11.3 Å². The Kier molecular flexibility index (Phi) is 6.92.